The van der Waals surface area contributed by atoms with Crippen LogP contribution in [-0.2, 0) is 19.1 Å². The molecule has 0 fully saturated rings. The Morgan fingerprint density at radius 3 is 1.73 bits per heavy atom. The van der Waals surface area contributed by atoms with Gasteiger partial charge in [0.05, 0.1) is 0 Å². The van der Waals surface area contributed by atoms with Gasteiger partial charge in [0.1, 0.15) is 5.60 Å². The molecule has 6 nitrogen and oxygen atoms in total. The van der Waals surface area contributed by atoms with Crippen LogP contribution in [0.2, 0.25) is 0 Å². The lowest BCUT2D eigenvalue weighted by atomic mass is 9.90. The topological polar surface area (TPSA) is 107 Å². The number of carboxylic acid groups (broad SMARTS) is 1. The Kier molecular flexibility index (Phi) is 3.47. The van der Waals surface area contributed by atoms with Gasteiger partial charge in [-0.2, -0.15) is 0 Å². The van der Waals surface area contributed by atoms with E-state index in [1.54, 1.807) is 20.8 Å². The second-order valence-corrected chi connectivity index (χ2v) is 4.30. The van der Waals surface area contributed by atoms with Crippen LogP contribution in [0.15, 0.2) is 0 Å². The smallest absolute Gasteiger partial charge is 0.333 e. The Morgan fingerprint density at radius 2 is 1.53 bits per heavy atom. The lowest BCUT2D eigenvalue weighted by molar-refractivity contribution is -0.177. The Balaban J connectivity index is 5.06. The number of carbonyl (C=O) groups excluding carboxylic acids is 2. The lowest BCUT2D eigenvalue weighted by Gasteiger charge is -2.25. The molecule has 0 aromatic carbocycles. The standard InChI is InChI=1S/C9H15NO5/c1-8(2,3)15-7(14)9(4,5(10)11)6(12)13/h1-4H3,(H2,10,11)(H,12,13). The largest absolute Gasteiger partial charge is 0.480 e. The van der Waals surface area contributed by atoms with Crippen LogP contribution in [0.4, 0.5) is 0 Å². The van der Waals surface area contributed by atoms with Gasteiger partial charge in [-0.05, 0) is 27.7 Å². The number of esters is 1. The fourth-order valence-electron chi connectivity index (χ4n) is 0.673. The number of rotatable bonds is 3. The van der Waals surface area contributed by atoms with Crippen molar-refractivity contribution < 1.29 is 24.2 Å². The van der Waals surface area contributed by atoms with Gasteiger partial charge in [-0.25, -0.2) is 0 Å². The van der Waals surface area contributed by atoms with Gasteiger partial charge in [-0.15, -0.1) is 0 Å². The summed E-state index contributed by atoms with van der Waals surface area (Å²) < 4.78 is 4.80. The van der Waals surface area contributed by atoms with Gasteiger partial charge < -0.3 is 15.6 Å². The van der Waals surface area contributed by atoms with Gasteiger partial charge in [0, 0.05) is 0 Å². The SMILES string of the molecule is CC(C)(C)OC(=O)C(C)(C(N)=O)C(=O)O. The third-order valence-corrected chi connectivity index (χ3v) is 1.73. The quantitative estimate of drug-likeness (QED) is 0.507. The zero-order valence-corrected chi connectivity index (χ0v) is 9.16. The van der Waals surface area contributed by atoms with Crippen molar-refractivity contribution in [2.75, 3.05) is 0 Å². The molecule has 0 aliphatic heterocycles. The number of aliphatic carboxylic acids is 1. The number of hydrogen-bond acceptors (Lipinski definition) is 4. The molecule has 1 amide bonds. The van der Waals surface area contributed by atoms with E-state index in [0.717, 1.165) is 6.92 Å². The molecule has 1 atom stereocenters. The highest BCUT2D eigenvalue weighted by atomic mass is 16.6. The van der Waals surface area contributed by atoms with Crippen molar-refractivity contribution in [3.63, 3.8) is 0 Å². The number of hydrogen-bond donors (Lipinski definition) is 2. The first kappa shape index (κ1) is 13.4. The van der Waals surface area contributed by atoms with Crippen LogP contribution >= 0.6 is 0 Å². The third-order valence-electron chi connectivity index (χ3n) is 1.73. The summed E-state index contributed by atoms with van der Waals surface area (Å²) in [5, 5.41) is 8.77. The summed E-state index contributed by atoms with van der Waals surface area (Å²) in [4.78, 5) is 33.2. The normalized spacial score (nSPS) is 15.2. The highest BCUT2D eigenvalue weighted by Gasteiger charge is 2.50. The van der Waals surface area contributed by atoms with Crippen LogP contribution in [0.1, 0.15) is 27.7 Å². The Labute approximate surface area is 87.4 Å². The molecule has 15 heavy (non-hydrogen) atoms. The number of nitrogens with two attached hydrogens (primary N) is 1. The summed E-state index contributed by atoms with van der Waals surface area (Å²) in [5.41, 5.74) is 1.66. The summed E-state index contributed by atoms with van der Waals surface area (Å²) in [6, 6.07) is 0. The molecule has 0 heterocycles. The van der Waals surface area contributed by atoms with Crippen LogP contribution < -0.4 is 5.73 Å². The molecule has 0 rings (SSSR count). The minimum absolute atomic E-state index is 0.872. The van der Waals surface area contributed by atoms with Crippen LogP contribution in [-0.4, -0.2) is 28.6 Å². The van der Waals surface area contributed by atoms with E-state index in [4.69, 9.17) is 15.6 Å². The zero-order chi connectivity index (χ0) is 12.4. The van der Waals surface area contributed by atoms with Crippen molar-refractivity contribution in [2.45, 2.75) is 33.3 Å². The summed E-state index contributed by atoms with van der Waals surface area (Å²) in [7, 11) is 0. The minimum Gasteiger partial charge on any atom is -0.480 e. The molecule has 0 bridgehead atoms. The molecule has 0 aliphatic rings. The third kappa shape index (κ3) is 2.93. The predicted octanol–water partition coefficient (Wildman–Crippen LogP) is -0.0957. The maximum absolute atomic E-state index is 11.5. The molecule has 1 unspecified atom stereocenters. The second kappa shape index (κ2) is 3.88. The summed E-state index contributed by atoms with van der Waals surface area (Å²) in [5.74, 6) is -4.02. The Bertz CT molecular complexity index is 288. The average Bonchev–Trinajstić information content (AvgIpc) is 1.98. The van der Waals surface area contributed by atoms with E-state index in [2.05, 4.69) is 0 Å². The molecule has 6 heteroatoms. The average molecular weight is 217 g/mol. The molecule has 0 saturated carbocycles. The first-order valence-electron chi connectivity index (χ1n) is 4.28. The first-order chi connectivity index (χ1) is 6.51. The highest BCUT2D eigenvalue weighted by molar-refractivity contribution is 6.18. The van der Waals surface area contributed by atoms with Gasteiger partial charge in [-0.1, -0.05) is 0 Å². The van der Waals surface area contributed by atoms with Gasteiger partial charge in [-0.3, -0.25) is 14.4 Å². The van der Waals surface area contributed by atoms with E-state index in [0.29, 0.717) is 0 Å². The van der Waals surface area contributed by atoms with Crippen molar-refractivity contribution >= 4 is 17.8 Å². The molecule has 0 radical (unpaired) electrons. The van der Waals surface area contributed by atoms with Crippen molar-refractivity contribution in [3.05, 3.63) is 0 Å². The van der Waals surface area contributed by atoms with Crippen LogP contribution in [0.3, 0.4) is 0 Å². The van der Waals surface area contributed by atoms with E-state index in [9.17, 15) is 14.4 Å². The van der Waals surface area contributed by atoms with Gasteiger partial charge in [0.15, 0.2) is 0 Å². The predicted molar refractivity (Wildman–Crippen MR) is 50.8 cm³/mol. The molecule has 0 aliphatic carbocycles. The summed E-state index contributed by atoms with van der Waals surface area (Å²) in [6.07, 6.45) is 0. The zero-order valence-electron chi connectivity index (χ0n) is 9.16. The molecule has 86 valence electrons. The molecule has 3 N–H and O–H groups in total. The van der Waals surface area contributed by atoms with E-state index < -0.39 is 28.9 Å². The summed E-state index contributed by atoms with van der Waals surface area (Å²) in [6.45, 7) is 5.61. The first-order valence-corrected chi connectivity index (χ1v) is 4.28. The van der Waals surface area contributed by atoms with Crippen LogP contribution in [0, 0.1) is 5.41 Å². The Hall–Kier alpha value is -1.59. The molecule has 0 saturated heterocycles. The second-order valence-electron chi connectivity index (χ2n) is 4.30. The van der Waals surface area contributed by atoms with Crippen molar-refractivity contribution in [2.24, 2.45) is 11.1 Å². The van der Waals surface area contributed by atoms with Crippen LogP contribution in [0.5, 0.6) is 0 Å². The van der Waals surface area contributed by atoms with Crippen molar-refractivity contribution in [3.8, 4) is 0 Å². The maximum atomic E-state index is 11.5. The molecule has 0 spiro atoms. The summed E-state index contributed by atoms with van der Waals surface area (Å²) >= 11 is 0. The number of amides is 1. The van der Waals surface area contributed by atoms with Crippen molar-refractivity contribution in [1.29, 1.82) is 0 Å². The number of ether oxygens (including phenoxy) is 1. The fourth-order valence-corrected chi connectivity index (χ4v) is 0.673. The maximum Gasteiger partial charge on any atom is 0.333 e. The highest BCUT2D eigenvalue weighted by Crippen LogP contribution is 2.22. The van der Waals surface area contributed by atoms with E-state index >= 15 is 0 Å². The number of primary amides is 1. The number of carboxylic acids is 1. The molecule has 0 aromatic rings. The van der Waals surface area contributed by atoms with E-state index in [1.165, 1.54) is 0 Å². The molecular formula is C9H15NO5. The van der Waals surface area contributed by atoms with E-state index in [-0.39, 0.29) is 0 Å². The lowest BCUT2D eigenvalue weighted by Crippen LogP contribution is -2.50. The minimum atomic E-state index is -2.34. The number of carbonyl (C=O) groups is 3. The van der Waals surface area contributed by atoms with E-state index in [1.807, 2.05) is 0 Å². The van der Waals surface area contributed by atoms with Gasteiger partial charge in [0.25, 0.3) is 0 Å². The van der Waals surface area contributed by atoms with Crippen molar-refractivity contribution in [1.82, 2.24) is 0 Å². The Morgan fingerprint density at radius 1 is 1.13 bits per heavy atom. The van der Waals surface area contributed by atoms with Crippen LogP contribution in [0.25, 0.3) is 0 Å². The molecule has 0 aromatic heterocycles. The monoisotopic (exact) mass is 217 g/mol. The molecular weight excluding hydrogens is 202 g/mol. The van der Waals surface area contributed by atoms with Gasteiger partial charge >= 0.3 is 11.9 Å². The van der Waals surface area contributed by atoms with Gasteiger partial charge in [0.2, 0.25) is 11.3 Å². The fraction of sp³-hybridized carbons (Fsp3) is 0.667.